The average molecular weight is 432 g/mol. The number of methoxy groups -OCH3 is 2. The lowest BCUT2D eigenvalue weighted by molar-refractivity contribution is -0.139. The van der Waals surface area contributed by atoms with Crippen molar-refractivity contribution in [2.24, 2.45) is 0 Å². The van der Waals surface area contributed by atoms with E-state index in [4.69, 9.17) is 14.2 Å². The van der Waals surface area contributed by atoms with E-state index in [-0.39, 0.29) is 12.6 Å². The number of amides is 2. The number of likely N-dealkylation sites (tertiary alicyclic amines) is 1. The second-order valence-corrected chi connectivity index (χ2v) is 7.63. The fourth-order valence-electron chi connectivity index (χ4n) is 4.36. The van der Waals surface area contributed by atoms with Gasteiger partial charge >= 0.3 is 12.0 Å². The molecule has 1 aromatic carbocycles. The van der Waals surface area contributed by atoms with Crippen LogP contribution in [0.15, 0.2) is 29.5 Å². The summed E-state index contributed by atoms with van der Waals surface area (Å²) in [6, 6.07) is 4.51. The lowest BCUT2D eigenvalue weighted by Gasteiger charge is -2.39. The van der Waals surface area contributed by atoms with Crippen molar-refractivity contribution in [3.63, 3.8) is 0 Å². The van der Waals surface area contributed by atoms with Crippen molar-refractivity contribution >= 4 is 12.0 Å². The van der Waals surface area contributed by atoms with Crippen LogP contribution in [0.1, 0.15) is 44.7 Å². The Kier molecular flexibility index (Phi) is 7.79. The monoisotopic (exact) mass is 431 g/mol. The minimum absolute atomic E-state index is 0.238. The average Bonchev–Trinajstić information content (AvgIpc) is 2.79. The number of piperidine rings is 1. The zero-order valence-electron chi connectivity index (χ0n) is 18.9. The second kappa shape index (κ2) is 10.5. The molecule has 2 aliphatic heterocycles. The zero-order valence-corrected chi connectivity index (χ0v) is 18.9. The Labute approximate surface area is 184 Å². The molecule has 0 bridgehead atoms. The number of ether oxygens (including phenoxy) is 3. The van der Waals surface area contributed by atoms with Crippen LogP contribution in [0.2, 0.25) is 0 Å². The number of hydrogen-bond acceptors (Lipinski definition) is 6. The Bertz CT molecular complexity index is 833. The molecule has 2 amide bonds. The molecule has 3 rings (SSSR count). The van der Waals surface area contributed by atoms with Crippen molar-refractivity contribution in [3.8, 4) is 11.5 Å². The predicted octanol–water partition coefficient (Wildman–Crippen LogP) is 3.09. The molecule has 0 radical (unpaired) electrons. The van der Waals surface area contributed by atoms with Gasteiger partial charge in [-0.2, -0.15) is 0 Å². The van der Waals surface area contributed by atoms with E-state index in [0.29, 0.717) is 41.4 Å². The van der Waals surface area contributed by atoms with Crippen molar-refractivity contribution in [2.45, 2.75) is 39.2 Å². The van der Waals surface area contributed by atoms with E-state index in [9.17, 15) is 9.59 Å². The molecule has 1 fully saturated rings. The number of likely N-dealkylation sites (N-methyl/N-ethyl adjacent to an activating group) is 1. The van der Waals surface area contributed by atoms with E-state index in [1.54, 1.807) is 32.1 Å². The molecule has 8 nitrogen and oxygen atoms in total. The molecule has 0 spiro atoms. The first-order valence-corrected chi connectivity index (χ1v) is 11.0. The third kappa shape index (κ3) is 4.79. The SMILES string of the molecule is CCOC(=O)C1=C(CN2CCCCC2)N(CC)C(=O)NC1c1cccc(OC)c1OC. The molecular weight excluding hydrogens is 398 g/mol. The minimum atomic E-state index is -0.695. The summed E-state index contributed by atoms with van der Waals surface area (Å²) in [5, 5.41) is 2.99. The molecule has 170 valence electrons. The largest absolute Gasteiger partial charge is 0.493 e. The maximum atomic E-state index is 13.2. The highest BCUT2D eigenvalue weighted by Gasteiger charge is 2.39. The Morgan fingerprint density at radius 1 is 1.13 bits per heavy atom. The Morgan fingerprint density at radius 2 is 1.87 bits per heavy atom. The highest BCUT2D eigenvalue weighted by atomic mass is 16.5. The molecule has 2 heterocycles. The topological polar surface area (TPSA) is 80.3 Å². The highest BCUT2D eigenvalue weighted by molar-refractivity contribution is 5.95. The van der Waals surface area contributed by atoms with Gasteiger partial charge in [0.05, 0.1) is 32.4 Å². The van der Waals surface area contributed by atoms with Crippen LogP contribution in [-0.2, 0) is 9.53 Å². The van der Waals surface area contributed by atoms with Gasteiger partial charge in [0.1, 0.15) is 0 Å². The Morgan fingerprint density at radius 3 is 2.48 bits per heavy atom. The second-order valence-electron chi connectivity index (χ2n) is 7.63. The lowest BCUT2D eigenvalue weighted by atomic mass is 9.93. The quantitative estimate of drug-likeness (QED) is 0.637. The summed E-state index contributed by atoms with van der Waals surface area (Å²) in [4.78, 5) is 30.2. The van der Waals surface area contributed by atoms with Crippen LogP contribution in [-0.4, -0.2) is 68.8 Å². The molecule has 0 saturated carbocycles. The van der Waals surface area contributed by atoms with Gasteiger partial charge in [-0.15, -0.1) is 0 Å². The number of benzene rings is 1. The van der Waals surface area contributed by atoms with E-state index < -0.39 is 12.0 Å². The van der Waals surface area contributed by atoms with Crippen molar-refractivity contribution < 1.29 is 23.8 Å². The third-order valence-electron chi connectivity index (χ3n) is 5.82. The van der Waals surface area contributed by atoms with E-state index in [1.807, 2.05) is 19.1 Å². The molecule has 1 aromatic rings. The molecule has 8 heteroatoms. The van der Waals surface area contributed by atoms with Crippen LogP contribution in [0.5, 0.6) is 11.5 Å². The van der Waals surface area contributed by atoms with Gasteiger partial charge in [-0.3, -0.25) is 9.80 Å². The number of para-hydroxylation sites is 1. The standard InChI is InChI=1S/C23H33N3O5/c1-5-26-17(15-25-13-8-7-9-14-25)19(22(27)31-6-2)20(24-23(26)28)16-11-10-12-18(29-3)21(16)30-4/h10-12,20H,5-9,13-15H2,1-4H3,(H,24,28). The predicted molar refractivity (Wildman–Crippen MR) is 117 cm³/mol. The van der Waals surface area contributed by atoms with Gasteiger partial charge in [0.15, 0.2) is 11.5 Å². The highest BCUT2D eigenvalue weighted by Crippen LogP contribution is 2.40. The Hall–Kier alpha value is -2.74. The zero-order chi connectivity index (χ0) is 22.4. The van der Waals surface area contributed by atoms with E-state index >= 15 is 0 Å². The molecule has 1 unspecified atom stereocenters. The first-order valence-electron chi connectivity index (χ1n) is 11.0. The van der Waals surface area contributed by atoms with Crippen LogP contribution in [0.3, 0.4) is 0 Å². The molecule has 31 heavy (non-hydrogen) atoms. The number of rotatable bonds is 8. The van der Waals surface area contributed by atoms with Crippen LogP contribution in [0, 0.1) is 0 Å². The summed E-state index contributed by atoms with van der Waals surface area (Å²) in [5.41, 5.74) is 1.80. The van der Waals surface area contributed by atoms with Crippen molar-refractivity contribution in [3.05, 3.63) is 35.0 Å². The van der Waals surface area contributed by atoms with Crippen molar-refractivity contribution in [1.82, 2.24) is 15.1 Å². The third-order valence-corrected chi connectivity index (χ3v) is 5.82. The summed E-state index contributed by atoms with van der Waals surface area (Å²) in [6.07, 6.45) is 3.45. The van der Waals surface area contributed by atoms with Gasteiger partial charge in [0.2, 0.25) is 0 Å². The van der Waals surface area contributed by atoms with Crippen LogP contribution in [0.4, 0.5) is 4.79 Å². The fraction of sp³-hybridized carbons (Fsp3) is 0.565. The maximum Gasteiger partial charge on any atom is 0.338 e. The van der Waals surface area contributed by atoms with Crippen molar-refractivity contribution in [1.29, 1.82) is 0 Å². The van der Waals surface area contributed by atoms with E-state index in [0.717, 1.165) is 25.9 Å². The fourth-order valence-corrected chi connectivity index (χ4v) is 4.36. The molecule has 2 aliphatic rings. The number of nitrogens with one attached hydrogen (secondary N) is 1. The Balaban J connectivity index is 2.15. The molecule has 1 N–H and O–H groups in total. The molecule has 1 atom stereocenters. The molecular formula is C23H33N3O5. The summed E-state index contributed by atoms with van der Waals surface area (Å²) in [5.74, 6) is 0.593. The van der Waals surface area contributed by atoms with Crippen LogP contribution < -0.4 is 14.8 Å². The summed E-state index contributed by atoms with van der Waals surface area (Å²) >= 11 is 0. The molecule has 1 saturated heterocycles. The number of carbonyl (C=O) groups is 2. The number of carbonyl (C=O) groups excluding carboxylic acids is 2. The van der Waals surface area contributed by atoms with Gasteiger partial charge in [-0.25, -0.2) is 9.59 Å². The summed E-state index contributed by atoms with van der Waals surface area (Å²) in [7, 11) is 3.11. The van der Waals surface area contributed by atoms with Gasteiger partial charge in [-0.1, -0.05) is 18.6 Å². The van der Waals surface area contributed by atoms with E-state index in [1.165, 1.54) is 6.42 Å². The number of hydrogen-bond donors (Lipinski definition) is 1. The smallest absolute Gasteiger partial charge is 0.338 e. The minimum Gasteiger partial charge on any atom is -0.493 e. The number of urea groups is 1. The summed E-state index contributed by atoms with van der Waals surface area (Å²) < 4.78 is 16.5. The first-order chi connectivity index (χ1) is 15.0. The van der Waals surface area contributed by atoms with Crippen LogP contribution in [0.25, 0.3) is 0 Å². The van der Waals surface area contributed by atoms with Gasteiger partial charge in [0, 0.05) is 24.4 Å². The number of esters is 1. The van der Waals surface area contributed by atoms with Crippen molar-refractivity contribution in [2.75, 3.05) is 47.0 Å². The van der Waals surface area contributed by atoms with Gasteiger partial charge in [0.25, 0.3) is 0 Å². The lowest BCUT2D eigenvalue weighted by Crippen LogP contribution is -2.51. The van der Waals surface area contributed by atoms with E-state index in [2.05, 4.69) is 10.2 Å². The maximum absolute atomic E-state index is 13.2. The van der Waals surface area contributed by atoms with Gasteiger partial charge < -0.3 is 19.5 Å². The first kappa shape index (κ1) is 22.9. The molecule has 0 aromatic heterocycles. The van der Waals surface area contributed by atoms with Gasteiger partial charge in [-0.05, 0) is 45.8 Å². The normalized spacial score (nSPS) is 19.8. The number of nitrogens with zero attached hydrogens (tertiary/aromatic N) is 2. The van der Waals surface area contributed by atoms with Crippen LogP contribution >= 0.6 is 0 Å². The molecule has 0 aliphatic carbocycles. The summed E-state index contributed by atoms with van der Waals surface area (Å²) in [6.45, 7) is 6.82.